The SMILES string of the molecule is C=C(/C=C\C(C)=C/N)C(=O)Nc1ccc(F)c(C2(C)CC(=O)N(C)C(N)=N2)c1. The van der Waals surface area contributed by atoms with Crippen LogP contribution in [0.5, 0.6) is 0 Å². The highest BCUT2D eigenvalue weighted by Gasteiger charge is 2.38. The molecular formula is C20H24FN5O2. The molecule has 1 heterocycles. The Morgan fingerprint density at radius 2 is 2.11 bits per heavy atom. The molecule has 1 aliphatic rings. The van der Waals surface area contributed by atoms with E-state index < -0.39 is 17.3 Å². The van der Waals surface area contributed by atoms with Gasteiger partial charge in [0.1, 0.15) is 5.82 Å². The molecule has 0 bridgehead atoms. The van der Waals surface area contributed by atoms with Crippen LogP contribution in [0.4, 0.5) is 10.1 Å². The number of carbonyl (C=O) groups is 2. The quantitative estimate of drug-likeness (QED) is 0.532. The summed E-state index contributed by atoms with van der Waals surface area (Å²) in [7, 11) is 1.51. The first kappa shape index (κ1) is 20.9. The van der Waals surface area contributed by atoms with Gasteiger partial charge in [-0.3, -0.25) is 14.5 Å². The van der Waals surface area contributed by atoms with Gasteiger partial charge in [0.2, 0.25) is 5.91 Å². The molecule has 2 amide bonds. The molecule has 0 saturated carbocycles. The number of nitrogens with two attached hydrogens (primary N) is 2. The maximum absolute atomic E-state index is 14.5. The number of aliphatic imine (C=N–C) groups is 1. The van der Waals surface area contributed by atoms with Crippen molar-refractivity contribution in [2.75, 3.05) is 12.4 Å². The fourth-order valence-electron chi connectivity index (χ4n) is 2.65. The lowest BCUT2D eigenvalue weighted by Crippen LogP contribution is -2.47. The molecule has 0 fully saturated rings. The van der Waals surface area contributed by atoms with Crippen LogP contribution in [0.1, 0.15) is 25.8 Å². The van der Waals surface area contributed by atoms with Crippen LogP contribution in [0.3, 0.4) is 0 Å². The van der Waals surface area contributed by atoms with Gasteiger partial charge in [-0.05, 0) is 49.9 Å². The molecule has 1 aromatic rings. The third-order valence-electron chi connectivity index (χ3n) is 4.48. The van der Waals surface area contributed by atoms with E-state index in [1.54, 1.807) is 19.9 Å². The summed E-state index contributed by atoms with van der Waals surface area (Å²) in [5, 5.41) is 2.66. The van der Waals surface area contributed by atoms with Gasteiger partial charge in [-0.1, -0.05) is 12.7 Å². The molecule has 1 atom stereocenters. The van der Waals surface area contributed by atoms with Crippen LogP contribution in [0.25, 0.3) is 0 Å². The van der Waals surface area contributed by atoms with Crippen molar-refractivity contribution in [2.24, 2.45) is 16.5 Å². The number of benzene rings is 1. The van der Waals surface area contributed by atoms with Crippen molar-refractivity contribution in [3.63, 3.8) is 0 Å². The van der Waals surface area contributed by atoms with Crippen LogP contribution in [0.15, 0.2) is 59.3 Å². The number of anilines is 1. The van der Waals surface area contributed by atoms with Gasteiger partial charge in [0.05, 0.1) is 12.0 Å². The van der Waals surface area contributed by atoms with E-state index in [9.17, 15) is 14.0 Å². The van der Waals surface area contributed by atoms with Gasteiger partial charge in [0, 0.05) is 23.9 Å². The Morgan fingerprint density at radius 1 is 1.43 bits per heavy atom. The zero-order valence-corrected chi connectivity index (χ0v) is 16.1. The maximum Gasteiger partial charge on any atom is 0.255 e. The summed E-state index contributed by atoms with van der Waals surface area (Å²) < 4.78 is 14.5. The van der Waals surface area contributed by atoms with Crippen molar-refractivity contribution in [1.82, 2.24) is 4.90 Å². The average Bonchev–Trinajstić information content (AvgIpc) is 2.65. The highest BCUT2D eigenvalue weighted by atomic mass is 19.1. The first-order valence-corrected chi connectivity index (χ1v) is 8.56. The first-order valence-electron chi connectivity index (χ1n) is 8.56. The fraction of sp³-hybridized carbons (Fsp3) is 0.250. The van der Waals surface area contributed by atoms with E-state index >= 15 is 0 Å². The van der Waals surface area contributed by atoms with Crippen molar-refractivity contribution in [3.8, 4) is 0 Å². The van der Waals surface area contributed by atoms with E-state index in [0.29, 0.717) is 5.69 Å². The molecule has 0 spiro atoms. The van der Waals surface area contributed by atoms with Gasteiger partial charge in [-0.15, -0.1) is 0 Å². The predicted octanol–water partition coefficient (Wildman–Crippen LogP) is 2.13. The van der Waals surface area contributed by atoms with Crippen molar-refractivity contribution >= 4 is 23.5 Å². The van der Waals surface area contributed by atoms with Crippen molar-refractivity contribution < 1.29 is 14.0 Å². The topological polar surface area (TPSA) is 114 Å². The number of carbonyl (C=O) groups excluding carboxylic acids is 2. The molecule has 28 heavy (non-hydrogen) atoms. The van der Waals surface area contributed by atoms with Gasteiger partial charge in [-0.25, -0.2) is 9.38 Å². The van der Waals surface area contributed by atoms with E-state index in [-0.39, 0.29) is 29.4 Å². The third kappa shape index (κ3) is 4.46. The Hall–Kier alpha value is -3.42. The fourth-order valence-corrected chi connectivity index (χ4v) is 2.65. The average molecular weight is 385 g/mol. The second-order valence-corrected chi connectivity index (χ2v) is 6.79. The maximum atomic E-state index is 14.5. The predicted molar refractivity (Wildman–Crippen MR) is 108 cm³/mol. The standard InChI is InChI=1S/C20H24FN5O2/c1-12(11-22)5-6-13(2)18(28)24-14-7-8-16(21)15(9-14)20(3)10-17(27)26(4)19(23)25-20/h5-9,11H,2,10,22H2,1,3-4H3,(H2,23,25)(H,24,28)/b6-5-,12-11-. The molecule has 0 aromatic heterocycles. The van der Waals surface area contributed by atoms with E-state index in [0.717, 1.165) is 5.57 Å². The zero-order chi connectivity index (χ0) is 21.1. The molecule has 7 nitrogen and oxygen atoms in total. The van der Waals surface area contributed by atoms with Crippen LogP contribution < -0.4 is 16.8 Å². The molecule has 0 aliphatic carbocycles. The summed E-state index contributed by atoms with van der Waals surface area (Å²) in [5.74, 6) is -1.26. The van der Waals surface area contributed by atoms with E-state index in [2.05, 4.69) is 16.9 Å². The molecule has 0 saturated heterocycles. The van der Waals surface area contributed by atoms with Crippen LogP contribution >= 0.6 is 0 Å². The summed E-state index contributed by atoms with van der Waals surface area (Å²) in [4.78, 5) is 30.0. The molecule has 8 heteroatoms. The highest BCUT2D eigenvalue weighted by Crippen LogP contribution is 2.35. The monoisotopic (exact) mass is 385 g/mol. The van der Waals surface area contributed by atoms with E-state index in [1.165, 1.54) is 42.4 Å². The number of halogens is 1. The number of allylic oxidation sites excluding steroid dienone is 2. The second kappa shape index (κ2) is 8.08. The number of nitrogens with one attached hydrogen (secondary N) is 1. The van der Waals surface area contributed by atoms with Gasteiger partial charge in [-0.2, -0.15) is 0 Å². The number of guanidine groups is 1. The minimum atomic E-state index is -1.17. The molecule has 1 aliphatic heterocycles. The summed E-state index contributed by atoms with van der Waals surface area (Å²) in [5.41, 5.74) is 11.5. The second-order valence-electron chi connectivity index (χ2n) is 6.79. The minimum Gasteiger partial charge on any atom is -0.404 e. The Kier molecular flexibility index (Phi) is 6.03. The van der Waals surface area contributed by atoms with E-state index in [4.69, 9.17) is 11.5 Å². The van der Waals surface area contributed by atoms with Crippen LogP contribution in [-0.4, -0.2) is 29.7 Å². The van der Waals surface area contributed by atoms with Crippen LogP contribution in [0.2, 0.25) is 0 Å². The Balaban J connectivity index is 2.29. The Morgan fingerprint density at radius 3 is 2.71 bits per heavy atom. The van der Waals surface area contributed by atoms with Gasteiger partial charge in [0.15, 0.2) is 5.96 Å². The minimum absolute atomic E-state index is 0.00873. The first-order chi connectivity index (χ1) is 13.1. The third-order valence-corrected chi connectivity index (χ3v) is 4.48. The lowest BCUT2D eigenvalue weighted by molar-refractivity contribution is -0.128. The number of rotatable bonds is 5. The molecule has 5 N–H and O–H groups in total. The largest absolute Gasteiger partial charge is 0.404 e. The van der Waals surface area contributed by atoms with Crippen molar-refractivity contribution in [1.29, 1.82) is 0 Å². The van der Waals surface area contributed by atoms with Gasteiger partial charge < -0.3 is 16.8 Å². The molecule has 1 unspecified atom stereocenters. The molecule has 1 aromatic carbocycles. The summed E-state index contributed by atoms with van der Waals surface area (Å²) in [6.45, 7) is 7.10. The van der Waals surface area contributed by atoms with E-state index in [1.807, 2.05) is 0 Å². The number of hydrogen-bond acceptors (Lipinski definition) is 5. The zero-order valence-electron chi connectivity index (χ0n) is 16.1. The highest BCUT2D eigenvalue weighted by molar-refractivity contribution is 6.05. The summed E-state index contributed by atoms with van der Waals surface area (Å²) >= 11 is 0. The van der Waals surface area contributed by atoms with Crippen molar-refractivity contribution in [2.45, 2.75) is 25.8 Å². The van der Waals surface area contributed by atoms with Crippen LogP contribution in [-0.2, 0) is 15.1 Å². The van der Waals surface area contributed by atoms with Gasteiger partial charge >= 0.3 is 0 Å². The molecular weight excluding hydrogens is 361 g/mol. The molecule has 148 valence electrons. The molecule has 0 radical (unpaired) electrons. The van der Waals surface area contributed by atoms with Crippen LogP contribution in [0, 0.1) is 5.82 Å². The number of hydrogen-bond donors (Lipinski definition) is 3. The van der Waals surface area contributed by atoms with Gasteiger partial charge in [0.25, 0.3) is 5.91 Å². The summed E-state index contributed by atoms with van der Waals surface area (Å²) in [6, 6.07) is 4.08. The van der Waals surface area contributed by atoms with Crippen molar-refractivity contribution in [3.05, 3.63) is 65.7 Å². The number of nitrogens with zero attached hydrogens (tertiary/aromatic N) is 2. The summed E-state index contributed by atoms with van der Waals surface area (Å²) in [6.07, 6.45) is 4.55. The lowest BCUT2D eigenvalue weighted by Gasteiger charge is -2.34. The normalized spacial score (nSPS) is 20.3. The Bertz CT molecular complexity index is 919. The molecule has 2 rings (SSSR count). The Labute approximate surface area is 163 Å². The number of amides is 2. The smallest absolute Gasteiger partial charge is 0.255 e. The lowest BCUT2D eigenvalue weighted by atomic mass is 9.87.